The fraction of sp³-hybridized carbons (Fsp3) is 0.667. The molecule has 6 heteroatoms. The Morgan fingerprint density at radius 1 is 1.53 bits per heavy atom. The van der Waals surface area contributed by atoms with Crippen LogP contribution in [0, 0.1) is 0 Å². The zero-order valence-electron chi connectivity index (χ0n) is 8.44. The maximum Gasteiger partial charge on any atom is 0.273 e. The standard InChI is InChI=1S/C9H15N5O/c10-6-3-1-2-4-7(6)12-9(15)8-5-11-14-13-8/h5-7H,1-4,10H2,(H,12,15)(H,11,13,14)/t6-,7-/m1/s1. The second-order valence-electron chi connectivity index (χ2n) is 3.88. The van der Waals surface area contributed by atoms with Crippen LogP contribution in [0.25, 0.3) is 0 Å². The maximum atomic E-state index is 11.6. The second kappa shape index (κ2) is 4.39. The van der Waals surface area contributed by atoms with Crippen molar-refractivity contribution >= 4 is 5.91 Å². The molecule has 1 fully saturated rings. The molecule has 0 saturated heterocycles. The van der Waals surface area contributed by atoms with Crippen LogP contribution in [0.1, 0.15) is 36.2 Å². The van der Waals surface area contributed by atoms with Crippen molar-refractivity contribution in [1.29, 1.82) is 0 Å². The Kier molecular flexibility index (Phi) is 2.96. The van der Waals surface area contributed by atoms with Gasteiger partial charge >= 0.3 is 0 Å². The molecule has 1 saturated carbocycles. The summed E-state index contributed by atoms with van der Waals surface area (Å²) in [5, 5.41) is 12.6. The van der Waals surface area contributed by atoms with Crippen LogP contribution >= 0.6 is 0 Å². The molecule has 2 rings (SSSR count). The van der Waals surface area contributed by atoms with E-state index in [0.717, 1.165) is 25.7 Å². The molecule has 1 aromatic rings. The summed E-state index contributed by atoms with van der Waals surface area (Å²) in [5.74, 6) is -0.203. The number of hydrogen-bond acceptors (Lipinski definition) is 4. The summed E-state index contributed by atoms with van der Waals surface area (Å²) in [4.78, 5) is 11.6. The van der Waals surface area contributed by atoms with E-state index in [1.807, 2.05) is 0 Å². The number of nitrogens with one attached hydrogen (secondary N) is 2. The lowest BCUT2D eigenvalue weighted by Gasteiger charge is -2.28. The molecule has 1 aromatic heterocycles. The third-order valence-electron chi connectivity index (χ3n) is 2.78. The summed E-state index contributed by atoms with van der Waals surface area (Å²) >= 11 is 0. The molecule has 0 bridgehead atoms. The van der Waals surface area contributed by atoms with Gasteiger partial charge < -0.3 is 11.1 Å². The molecular formula is C9H15N5O. The highest BCUT2D eigenvalue weighted by Crippen LogP contribution is 2.16. The summed E-state index contributed by atoms with van der Waals surface area (Å²) in [6.07, 6.45) is 5.60. The number of aromatic amines is 1. The van der Waals surface area contributed by atoms with E-state index in [1.165, 1.54) is 6.20 Å². The fourth-order valence-corrected chi connectivity index (χ4v) is 1.89. The maximum absolute atomic E-state index is 11.6. The van der Waals surface area contributed by atoms with Gasteiger partial charge in [-0.05, 0) is 12.8 Å². The van der Waals surface area contributed by atoms with Crippen molar-refractivity contribution in [3.8, 4) is 0 Å². The lowest BCUT2D eigenvalue weighted by Crippen LogP contribution is -2.49. The largest absolute Gasteiger partial charge is 0.346 e. The van der Waals surface area contributed by atoms with E-state index in [9.17, 15) is 4.79 Å². The lowest BCUT2D eigenvalue weighted by atomic mass is 9.91. The molecule has 15 heavy (non-hydrogen) atoms. The van der Waals surface area contributed by atoms with E-state index in [2.05, 4.69) is 20.7 Å². The van der Waals surface area contributed by atoms with Crippen molar-refractivity contribution in [3.63, 3.8) is 0 Å². The molecular weight excluding hydrogens is 194 g/mol. The number of rotatable bonds is 2. The van der Waals surface area contributed by atoms with Crippen LogP contribution in [0.15, 0.2) is 6.20 Å². The van der Waals surface area contributed by atoms with Gasteiger partial charge in [-0.25, -0.2) is 0 Å². The third-order valence-corrected chi connectivity index (χ3v) is 2.78. The second-order valence-corrected chi connectivity index (χ2v) is 3.88. The van der Waals surface area contributed by atoms with E-state index in [-0.39, 0.29) is 18.0 Å². The molecule has 0 spiro atoms. The topological polar surface area (TPSA) is 96.7 Å². The van der Waals surface area contributed by atoms with Crippen molar-refractivity contribution in [2.45, 2.75) is 37.8 Å². The van der Waals surface area contributed by atoms with Crippen molar-refractivity contribution in [2.24, 2.45) is 5.73 Å². The van der Waals surface area contributed by atoms with Crippen LogP contribution in [-0.2, 0) is 0 Å². The molecule has 1 heterocycles. The van der Waals surface area contributed by atoms with Crippen molar-refractivity contribution in [3.05, 3.63) is 11.9 Å². The van der Waals surface area contributed by atoms with E-state index in [0.29, 0.717) is 5.69 Å². The quantitative estimate of drug-likeness (QED) is 0.628. The number of hydrogen-bond donors (Lipinski definition) is 3. The zero-order valence-corrected chi connectivity index (χ0v) is 8.44. The summed E-state index contributed by atoms with van der Waals surface area (Å²) in [7, 11) is 0. The molecule has 4 N–H and O–H groups in total. The number of carbonyl (C=O) groups is 1. The van der Waals surface area contributed by atoms with E-state index in [4.69, 9.17) is 5.73 Å². The first-order valence-electron chi connectivity index (χ1n) is 5.19. The van der Waals surface area contributed by atoms with Gasteiger partial charge in [0.05, 0.1) is 6.20 Å². The van der Waals surface area contributed by atoms with Crippen LogP contribution < -0.4 is 11.1 Å². The molecule has 1 amide bonds. The van der Waals surface area contributed by atoms with Gasteiger partial charge in [0.1, 0.15) is 0 Å². The minimum Gasteiger partial charge on any atom is -0.346 e. The fourth-order valence-electron chi connectivity index (χ4n) is 1.89. The molecule has 0 radical (unpaired) electrons. The van der Waals surface area contributed by atoms with E-state index >= 15 is 0 Å². The summed E-state index contributed by atoms with van der Waals surface area (Å²) in [6, 6.07) is 0.137. The van der Waals surface area contributed by atoms with Gasteiger partial charge in [-0.3, -0.25) is 4.79 Å². The number of nitrogens with two attached hydrogens (primary N) is 1. The molecule has 0 unspecified atom stereocenters. The number of nitrogens with zero attached hydrogens (tertiary/aromatic N) is 2. The van der Waals surface area contributed by atoms with Gasteiger partial charge in [0.25, 0.3) is 5.91 Å². The first kappa shape index (κ1) is 10.1. The van der Waals surface area contributed by atoms with Crippen LogP contribution in [0.4, 0.5) is 0 Å². The van der Waals surface area contributed by atoms with Crippen molar-refractivity contribution < 1.29 is 4.79 Å². The minimum atomic E-state index is -0.203. The highest BCUT2D eigenvalue weighted by molar-refractivity contribution is 5.92. The van der Waals surface area contributed by atoms with E-state index in [1.54, 1.807) is 0 Å². The first-order valence-corrected chi connectivity index (χ1v) is 5.19. The van der Waals surface area contributed by atoms with Gasteiger partial charge in [-0.2, -0.15) is 15.4 Å². The minimum absolute atomic E-state index is 0.0644. The van der Waals surface area contributed by atoms with Crippen LogP contribution in [0.5, 0.6) is 0 Å². The zero-order chi connectivity index (χ0) is 10.7. The predicted octanol–water partition coefficient (Wildman–Crippen LogP) is -0.196. The monoisotopic (exact) mass is 209 g/mol. The van der Waals surface area contributed by atoms with Gasteiger partial charge in [0.15, 0.2) is 5.69 Å². The van der Waals surface area contributed by atoms with Crippen molar-refractivity contribution in [1.82, 2.24) is 20.7 Å². The Morgan fingerprint density at radius 2 is 2.33 bits per heavy atom. The molecule has 82 valence electrons. The van der Waals surface area contributed by atoms with Crippen LogP contribution in [-0.4, -0.2) is 33.4 Å². The summed E-state index contributed by atoms with van der Waals surface area (Å²) in [5.41, 5.74) is 6.23. The molecule has 0 aliphatic heterocycles. The SMILES string of the molecule is N[C@@H]1CCCC[C@H]1NC(=O)c1cn[nH]n1. The van der Waals surface area contributed by atoms with Gasteiger partial charge in [0, 0.05) is 12.1 Å². The average Bonchev–Trinajstić information content (AvgIpc) is 2.74. The molecule has 1 aliphatic carbocycles. The Hall–Kier alpha value is -1.43. The average molecular weight is 209 g/mol. The predicted molar refractivity (Wildman–Crippen MR) is 54.1 cm³/mol. The highest BCUT2D eigenvalue weighted by Gasteiger charge is 2.24. The van der Waals surface area contributed by atoms with Gasteiger partial charge in [-0.15, -0.1) is 0 Å². The molecule has 2 atom stereocenters. The Balaban J connectivity index is 1.93. The Bertz CT molecular complexity index is 323. The van der Waals surface area contributed by atoms with Crippen LogP contribution in [0.3, 0.4) is 0 Å². The smallest absolute Gasteiger partial charge is 0.273 e. The number of H-pyrrole nitrogens is 1. The van der Waals surface area contributed by atoms with Gasteiger partial charge in [-0.1, -0.05) is 12.8 Å². The number of carbonyl (C=O) groups excluding carboxylic acids is 1. The first-order chi connectivity index (χ1) is 7.27. The molecule has 0 aromatic carbocycles. The molecule has 1 aliphatic rings. The van der Waals surface area contributed by atoms with Gasteiger partial charge in [0.2, 0.25) is 0 Å². The highest BCUT2D eigenvalue weighted by atomic mass is 16.2. The Morgan fingerprint density at radius 3 is 3.00 bits per heavy atom. The lowest BCUT2D eigenvalue weighted by molar-refractivity contribution is 0.0916. The Labute approximate surface area is 87.6 Å². The number of amides is 1. The van der Waals surface area contributed by atoms with Crippen molar-refractivity contribution in [2.75, 3.05) is 0 Å². The normalized spacial score (nSPS) is 26.2. The van der Waals surface area contributed by atoms with E-state index < -0.39 is 0 Å². The summed E-state index contributed by atoms with van der Waals surface area (Å²) in [6.45, 7) is 0. The third kappa shape index (κ3) is 2.33. The molecule has 6 nitrogen and oxygen atoms in total. The summed E-state index contributed by atoms with van der Waals surface area (Å²) < 4.78 is 0. The van der Waals surface area contributed by atoms with Crippen LogP contribution in [0.2, 0.25) is 0 Å². The number of aromatic nitrogens is 3.